The number of likely N-dealkylation sites (tertiary alicyclic amines) is 4. The van der Waals surface area contributed by atoms with E-state index in [4.69, 9.17) is 34.9 Å². The van der Waals surface area contributed by atoms with Crippen molar-refractivity contribution >= 4 is 80.7 Å². The third-order valence-corrected chi connectivity index (χ3v) is 28.4. The summed E-state index contributed by atoms with van der Waals surface area (Å²) in [5.74, 6) is 15.7. The van der Waals surface area contributed by atoms with Crippen LogP contribution in [0.1, 0.15) is 270 Å². The van der Waals surface area contributed by atoms with Crippen LogP contribution < -0.4 is 10.6 Å². The smallest absolute Gasteiger partial charge is 0.299 e. The van der Waals surface area contributed by atoms with Crippen LogP contribution in [-0.4, -0.2) is 170 Å². The summed E-state index contributed by atoms with van der Waals surface area (Å²) < 4.78 is 8.49. The number of nitrogens with one attached hydrogen (secondary N) is 2. The molecular formula is C118H112N22O8. The van der Waals surface area contributed by atoms with Crippen molar-refractivity contribution in [3.8, 4) is 68.7 Å². The molecule has 30 heteroatoms. The molecule has 7 fully saturated rings. The van der Waals surface area contributed by atoms with E-state index < -0.39 is 0 Å². The van der Waals surface area contributed by atoms with Gasteiger partial charge in [0.1, 0.15) is 34.9 Å². The number of aryl methyl sites for hydroxylation is 2. The van der Waals surface area contributed by atoms with Crippen molar-refractivity contribution in [2.45, 2.75) is 192 Å². The summed E-state index contributed by atoms with van der Waals surface area (Å²) in [6, 6.07) is 51.5. The lowest BCUT2D eigenvalue weighted by atomic mass is 10.0. The first kappa shape index (κ1) is 98.1. The SMILES string of the molecule is C=CC(=O)N1CCCC[C@H]1c1nc(-c2ccc(C(=O)Cc3ccccn3)cc2)c2c(C3CC3)nccn12.C=CC(=O)N1CCC[C@H]1c1nc(-c2ccc(C(=O)Nc3ccccn3)cc2)c2c(C3CC3)nccn12.CC#CC(=O)N1CCCC[C@H]1c1nc(-c2ccc(C(=O)Cc3ccccn3)cc2)c2c(C3CC3)nccn12.CC#CC(=O)N1CCCC[C@H]1c1nc(-c2ccc(C(=O)Nc3ccccn3)cc2)c2c(C)ncc(C)n12. The maximum atomic E-state index is 12.9. The highest BCUT2D eigenvalue weighted by molar-refractivity contribution is 6.06. The Balaban J connectivity index is 0.000000120. The molecule has 2 N–H and O–H groups in total. The Hall–Kier alpha value is -17.3. The van der Waals surface area contributed by atoms with Crippen LogP contribution in [0.4, 0.5) is 11.6 Å². The highest BCUT2D eigenvalue weighted by Crippen LogP contribution is 2.49. The maximum absolute atomic E-state index is 12.9. The first-order valence-corrected chi connectivity index (χ1v) is 50.9. The number of hydrogen-bond donors (Lipinski definition) is 2. The van der Waals surface area contributed by atoms with Crippen molar-refractivity contribution in [1.29, 1.82) is 0 Å². The minimum atomic E-state index is -0.234. The Morgan fingerprint density at radius 1 is 0.351 bits per heavy atom. The highest BCUT2D eigenvalue weighted by atomic mass is 16.2. The van der Waals surface area contributed by atoms with Gasteiger partial charge in [-0.2, -0.15) is 0 Å². The molecule has 0 radical (unpaired) electrons. The van der Waals surface area contributed by atoms with Crippen LogP contribution in [0.3, 0.4) is 0 Å². The lowest BCUT2D eigenvalue weighted by molar-refractivity contribution is -0.130. The number of rotatable bonds is 23. The fourth-order valence-electron chi connectivity index (χ4n) is 20.6. The third kappa shape index (κ3) is 21.1. The van der Waals surface area contributed by atoms with Gasteiger partial charge in [0.2, 0.25) is 11.8 Å². The molecule has 0 spiro atoms. The number of anilines is 2. The minimum Gasteiger partial charge on any atom is -0.329 e. The van der Waals surface area contributed by atoms with E-state index in [1.807, 2.05) is 198 Å². The number of piperidine rings is 3. The second kappa shape index (κ2) is 44.1. The number of aromatic nitrogens is 16. The Morgan fingerprint density at radius 3 is 1.03 bits per heavy atom. The van der Waals surface area contributed by atoms with E-state index in [0.717, 1.165) is 239 Å². The summed E-state index contributed by atoms with van der Waals surface area (Å²) in [6.07, 6.45) is 40.2. The lowest BCUT2D eigenvalue weighted by Gasteiger charge is -2.34. The third-order valence-electron chi connectivity index (χ3n) is 28.4. The molecule has 4 saturated heterocycles. The zero-order chi connectivity index (χ0) is 102. The first-order valence-electron chi connectivity index (χ1n) is 50.9. The molecule has 23 rings (SSSR count). The molecule has 12 aromatic heterocycles. The van der Waals surface area contributed by atoms with E-state index in [-0.39, 0.29) is 84.0 Å². The Kier molecular flexibility index (Phi) is 29.3. The average Bonchev–Trinajstić information content (AvgIpc) is 1.60. The van der Waals surface area contributed by atoms with Gasteiger partial charge in [-0.05, 0) is 234 Å². The predicted molar refractivity (Wildman–Crippen MR) is 564 cm³/mol. The summed E-state index contributed by atoms with van der Waals surface area (Å²) in [7, 11) is 0. The second-order valence-corrected chi connectivity index (χ2v) is 38.3. The Labute approximate surface area is 856 Å². The monoisotopic (exact) mass is 1960 g/mol. The van der Waals surface area contributed by atoms with Gasteiger partial charge in [-0.25, -0.2) is 29.9 Å². The molecule has 16 heterocycles. The largest absolute Gasteiger partial charge is 0.329 e. The number of amides is 6. The molecule has 0 unspecified atom stereocenters. The van der Waals surface area contributed by atoms with Gasteiger partial charge in [-0.1, -0.05) is 122 Å². The number of benzene rings is 4. The minimum absolute atomic E-state index is 0.0272. The molecule has 3 saturated carbocycles. The van der Waals surface area contributed by atoms with Crippen LogP contribution in [0, 0.1) is 37.5 Å². The van der Waals surface area contributed by atoms with Crippen LogP contribution in [0.2, 0.25) is 0 Å². The zero-order valence-electron chi connectivity index (χ0n) is 83.1. The van der Waals surface area contributed by atoms with E-state index in [9.17, 15) is 38.4 Å². The fraction of sp³-hybridized carbons (Fsp3) is 0.288. The summed E-state index contributed by atoms with van der Waals surface area (Å²) >= 11 is 0. The molecule has 6 amide bonds. The van der Waals surface area contributed by atoms with Gasteiger partial charge in [0, 0.05) is 174 Å². The van der Waals surface area contributed by atoms with Gasteiger partial charge < -0.3 is 30.2 Å². The Bertz CT molecular complexity index is 7870. The molecule has 3 aliphatic carbocycles. The van der Waals surface area contributed by atoms with Crippen molar-refractivity contribution in [1.82, 2.24) is 97.0 Å². The molecular weight excluding hydrogens is 1850 g/mol. The van der Waals surface area contributed by atoms with Crippen molar-refractivity contribution in [3.05, 3.63) is 349 Å². The number of Topliss-reactive ketones (excluding diaryl/α,β-unsaturated/α-hetero) is 2. The average molecular weight is 1970 g/mol. The molecule has 742 valence electrons. The van der Waals surface area contributed by atoms with Gasteiger partial charge >= 0.3 is 0 Å². The summed E-state index contributed by atoms with van der Waals surface area (Å²) in [5.41, 5.74) is 19.6. The zero-order valence-corrected chi connectivity index (χ0v) is 83.1. The van der Waals surface area contributed by atoms with Crippen LogP contribution in [0.5, 0.6) is 0 Å². The molecule has 30 nitrogen and oxygen atoms in total. The quantitative estimate of drug-likeness (QED) is 0.0341. The van der Waals surface area contributed by atoms with Crippen LogP contribution in [-0.2, 0) is 32.0 Å². The molecule has 0 bridgehead atoms. The van der Waals surface area contributed by atoms with E-state index in [2.05, 4.69) is 90.0 Å². The highest BCUT2D eigenvalue weighted by Gasteiger charge is 2.41. The van der Waals surface area contributed by atoms with E-state index in [0.29, 0.717) is 77.8 Å². The number of nitrogens with zero attached hydrogens (tertiary/aromatic N) is 20. The van der Waals surface area contributed by atoms with Crippen molar-refractivity contribution < 1.29 is 38.4 Å². The lowest BCUT2D eigenvalue weighted by Crippen LogP contribution is -2.38. The number of imidazole rings is 4. The summed E-state index contributed by atoms with van der Waals surface area (Å²) in [5, 5.41) is 5.62. The molecule has 7 aliphatic rings. The van der Waals surface area contributed by atoms with Crippen LogP contribution in [0.25, 0.3) is 67.1 Å². The first-order chi connectivity index (χ1) is 72.4. The number of ketones is 2. The van der Waals surface area contributed by atoms with E-state index in [1.165, 1.54) is 12.2 Å². The normalized spacial score (nSPS) is 16.8. The van der Waals surface area contributed by atoms with Gasteiger partial charge in [0.05, 0.1) is 105 Å². The number of hydrogen-bond acceptors (Lipinski definition) is 20. The van der Waals surface area contributed by atoms with Gasteiger partial charge in [0.15, 0.2) is 11.6 Å². The topological polar surface area (TPSA) is 346 Å². The number of carbonyl (C=O) groups is 8. The Morgan fingerprint density at radius 2 is 0.682 bits per heavy atom. The standard InChI is InChI=1S/C31H29N5O2.C30H29N5O2.C29H28N6O2.C28H26N6O2/c1-2-7-27(38)35-18-6-4-9-25(35)31-34-29(30-28(22-14-15-22)33-17-19-36(30)31)23-12-10-21(11-13-23)26(37)20-24-8-3-5-16-32-24;1-2-26(37)34-17-6-4-8-24(34)30-33-28(29-27(21-13-14-21)32-16-18-35(29)30)22-11-9-20(10-12-22)25(36)19-23-7-3-5-15-31-23;1-4-9-25(36)34-17-8-6-10-23(34)28-33-26(27-20(3)31-18-19(2)35(27)28)21-12-14-22(15-13-21)29(37)32-24-11-5-7-16-30-24;1-2-23(35)33-16-5-6-21(33)27-32-25(26-24(18-8-9-18)30-15-17-34(26)27)19-10-12-20(13-11-19)28(36)31-22-7-3-4-14-29-22/h3,5,8,10-13,16-17,19,22,25H,4,6,9,14-15,18,20H2,1H3;2-3,5,7,9-12,15-16,18,21,24H,1,4,6,8,13-14,17,19H2;5,7,11-16,18,23H,6,8,10,17H2,1-3H3,(H,30,32,37);2-4,7,10-15,17-18,21H,1,5-6,8-9,16H2,(H,29,31,36)/t25-;24-;23-;21-/m0000/s1. The molecule has 148 heavy (non-hydrogen) atoms. The fourth-order valence-corrected chi connectivity index (χ4v) is 20.6. The maximum Gasteiger partial charge on any atom is 0.299 e. The molecule has 4 atom stereocenters. The van der Waals surface area contributed by atoms with E-state index >= 15 is 0 Å². The number of fused-ring (bicyclic) bond motifs is 4. The molecule has 4 aromatic carbocycles. The number of carbonyl (C=O) groups excluding carboxylic acids is 8. The summed E-state index contributed by atoms with van der Waals surface area (Å²) in [6.45, 7) is 17.5. The van der Waals surface area contributed by atoms with Gasteiger partial charge in [-0.15, -0.1) is 0 Å². The summed E-state index contributed by atoms with van der Waals surface area (Å²) in [4.78, 5) is 166. The van der Waals surface area contributed by atoms with Gasteiger partial charge in [-0.3, -0.25) is 85.9 Å². The number of pyridine rings is 4. The molecule has 16 aromatic rings. The van der Waals surface area contributed by atoms with Crippen molar-refractivity contribution in [3.63, 3.8) is 0 Å². The van der Waals surface area contributed by atoms with Crippen LogP contribution >= 0.6 is 0 Å². The van der Waals surface area contributed by atoms with Crippen molar-refractivity contribution in [2.24, 2.45) is 0 Å². The van der Waals surface area contributed by atoms with E-state index in [1.54, 1.807) is 87.2 Å². The van der Waals surface area contributed by atoms with Gasteiger partial charge in [0.25, 0.3) is 23.6 Å². The second-order valence-electron chi connectivity index (χ2n) is 38.3. The molecule has 4 aliphatic heterocycles. The van der Waals surface area contributed by atoms with Crippen molar-refractivity contribution in [2.75, 3.05) is 36.8 Å². The van der Waals surface area contributed by atoms with Crippen LogP contribution in [0.15, 0.2) is 263 Å². The predicted octanol–water partition coefficient (Wildman–Crippen LogP) is 20.0.